The van der Waals surface area contributed by atoms with Gasteiger partial charge in [-0.2, -0.15) is 0 Å². The maximum Gasteiger partial charge on any atom is 0.0483 e. The van der Waals surface area contributed by atoms with E-state index in [9.17, 15) is 0 Å². The smallest absolute Gasteiger partial charge is 0.0483 e. The van der Waals surface area contributed by atoms with E-state index in [0.717, 1.165) is 26.2 Å². The van der Waals surface area contributed by atoms with Gasteiger partial charge in [-0.1, -0.05) is 6.07 Å². The highest BCUT2D eigenvalue weighted by Crippen LogP contribution is 2.23. The molecule has 1 aromatic carbocycles. The molecule has 3 rings (SSSR count). The summed E-state index contributed by atoms with van der Waals surface area (Å²) in [6.45, 7) is 9.58. The first kappa shape index (κ1) is 14.6. The van der Waals surface area contributed by atoms with Gasteiger partial charge < -0.3 is 15.2 Å². The molecule has 21 heavy (non-hydrogen) atoms. The highest BCUT2D eigenvalue weighted by Gasteiger charge is 2.16. The molecular weight excluding hydrogens is 260 g/mol. The molecular formula is C17H26N4. The van der Waals surface area contributed by atoms with Crippen LogP contribution in [-0.4, -0.2) is 47.6 Å². The van der Waals surface area contributed by atoms with Gasteiger partial charge in [0.15, 0.2) is 0 Å². The molecule has 1 fully saturated rings. The van der Waals surface area contributed by atoms with Crippen molar-refractivity contribution in [3.05, 3.63) is 35.5 Å². The Hall–Kier alpha value is -1.36. The molecule has 1 aliphatic heterocycles. The van der Waals surface area contributed by atoms with Gasteiger partial charge in [-0.15, -0.1) is 0 Å². The SMILES string of the molecule is CCn1c(CN2CCN(C)CC2)cc2cc(CN)ccc21. The van der Waals surface area contributed by atoms with Crippen LogP contribution in [0, 0.1) is 0 Å². The Balaban J connectivity index is 1.87. The summed E-state index contributed by atoms with van der Waals surface area (Å²) in [6, 6.07) is 8.94. The average molecular weight is 286 g/mol. The zero-order valence-electron chi connectivity index (χ0n) is 13.2. The Morgan fingerprint density at radius 2 is 1.86 bits per heavy atom. The van der Waals surface area contributed by atoms with E-state index in [1.165, 1.54) is 35.2 Å². The molecule has 0 aliphatic carbocycles. The molecule has 2 heterocycles. The van der Waals surface area contributed by atoms with E-state index in [2.05, 4.69) is 52.6 Å². The lowest BCUT2D eigenvalue weighted by Gasteiger charge is -2.32. The predicted octanol–water partition coefficient (Wildman–Crippen LogP) is 1.87. The average Bonchev–Trinajstić information content (AvgIpc) is 2.85. The molecule has 0 radical (unpaired) electrons. The van der Waals surface area contributed by atoms with Crippen molar-refractivity contribution in [2.75, 3.05) is 33.2 Å². The van der Waals surface area contributed by atoms with E-state index in [1.807, 2.05) is 0 Å². The van der Waals surface area contributed by atoms with Gasteiger partial charge in [-0.05, 0) is 37.7 Å². The number of benzene rings is 1. The van der Waals surface area contributed by atoms with Crippen LogP contribution in [0.2, 0.25) is 0 Å². The van der Waals surface area contributed by atoms with Crippen LogP contribution in [-0.2, 0) is 19.6 Å². The fraction of sp³-hybridized carbons (Fsp3) is 0.529. The van der Waals surface area contributed by atoms with Crippen LogP contribution in [0.25, 0.3) is 10.9 Å². The second kappa shape index (κ2) is 6.18. The zero-order chi connectivity index (χ0) is 14.8. The van der Waals surface area contributed by atoms with Crippen molar-refractivity contribution in [1.29, 1.82) is 0 Å². The van der Waals surface area contributed by atoms with E-state index >= 15 is 0 Å². The molecule has 0 amide bonds. The van der Waals surface area contributed by atoms with Crippen molar-refractivity contribution in [1.82, 2.24) is 14.4 Å². The zero-order valence-corrected chi connectivity index (χ0v) is 13.2. The summed E-state index contributed by atoms with van der Waals surface area (Å²) in [6.07, 6.45) is 0. The van der Waals surface area contributed by atoms with Gasteiger partial charge in [0.05, 0.1) is 0 Å². The lowest BCUT2D eigenvalue weighted by molar-refractivity contribution is 0.146. The Bertz CT molecular complexity index is 609. The van der Waals surface area contributed by atoms with Gasteiger partial charge in [-0.3, -0.25) is 4.90 Å². The normalized spacial score (nSPS) is 17.7. The molecule has 2 N–H and O–H groups in total. The summed E-state index contributed by atoms with van der Waals surface area (Å²) in [7, 11) is 2.20. The molecule has 0 bridgehead atoms. The maximum atomic E-state index is 5.76. The third-order valence-corrected chi connectivity index (χ3v) is 4.58. The van der Waals surface area contributed by atoms with E-state index in [4.69, 9.17) is 5.73 Å². The van der Waals surface area contributed by atoms with Crippen molar-refractivity contribution in [2.24, 2.45) is 5.73 Å². The topological polar surface area (TPSA) is 37.4 Å². The fourth-order valence-corrected chi connectivity index (χ4v) is 3.24. The Morgan fingerprint density at radius 3 is 2.52 bits per heavy atom. The second-order valence-electron chi connectivity index (χ2n) is 6.06. The lowest BCUT2D eigenvalue weighted by atomic mass is 10.1. The van der Waals surface area contributed by atoms with Crippen LogP contribution < -0.4 is 5.73 Å². The number of nitrogens with zero attached hydrogens (tertiary/aromatic N) is 3. The third kappa shape index (κ3) is 2.98. The van der Waals surface area contributed by atoms with Crippen LogP contribution in [0.15, 0.2) is 24.3 Å². The summed E-state index contributed by atoms with van der Waals surface area (Å²) >= 11 is 0. The van der Waals surface area contributed by atoms with Crippen molar-refractivity contribution < 1.29 is 0 Å². The molecule has 4 heteroatoms. The van der Waals surface area contributed by atoms with E-state index in [0.29, 0.717) is 6.54 Å². The largest absolute Gasteiger partial charge is 0.344 e. The molecule has 114 valence electrons. The number of nitrogens with two attached hydrogens (primary N) is 1. The van der Waals surface area contributed by atoms with Crippen molar-refractivity contribution >= 4 is 10.9 Å². The Labute approximate surface area is 127 Å². The van der Waals surface area contributed by atoms with E-state index in [-0.39, 0.29) is 0 Å². The van der Waals surface area contributed by atoms with Crippen LogP contribution in [0.4, 0.5) is 0 Å². The first-order valence-corrected chi connectivity index (χ1v) is 7.93. The lowest BCUT2D eigenvalue weighted by Crippen LogP contribution is -2.44. The number of aromatic nitrogens is 1. The fourth-order valence-electron chi connectivity index (χ4n) is 3.24. The molecule has 1 aliphatic rings. The van der Waals surface area contributed by atoms with Gasteiger partial charge in [0, 0.05) is 62.4 Å². The number of fused-ring (bicyclic) bond motifs is 1. The summed E-state index contributed by atoms with van der Waals surface area (Å²) in [4.78, 5) is 4.96. The van der Waals surface area contributed by atoms with Crippen molar-refractivity contribution in [3.63, 3.8) is 0 Å². The van der Waals surface area contributed by atoms with Gasteiger partial charge in [-0.25, -0.2) is 0 Å². The molecule has 2 aromatic rings. The molecule has 0 spiro atoms. The highest BCUT2D eigenvalue weighted by molar-refractivity contribution is 5.82. The summed E-state index contributed by atoms with van der Waals surface area (Å²) in [5, 5.41) is 1.32. The second-order valence-corrected chi connectivity index (χ2v) is 6.06. The molecule has 0 unspecified atom stereocenters. The van der Waals surface area contributed by atoms with E-state index in [1.54, 1.807) is 0 Å². The monoisotopic (exact) mass is 286 g/mol. The van der Waals surface area contributed by atoms with Gasteiger partial charge in [0.25, 0.3) is 0 Å². The molecule has 0 atom stereocenters. The maximum absolute atomic E-state index is 5.76. The number of hydrogen-bond acceptors (Lipinski definition) is 3. The van der Waals surface area contributed by atoms with Crippen LogP contribution in [0.3, 0.4) is 0 Å². The summed E-state index contributed by atoms with van der Waals surface area (Å²) in [5.41, 5.74) is 9.73. The van der Waals surface area contributed by atoms with Crippen LogP contribution >= 0.6 is 0 Å². The van der Waals surface area contributed by atoms with E-state index < -0.39 is 0 Å². The first-order chi connectivity index (χ1) is 10.2. The number of aryl methyl sites for hydroxylation is 1. The summed E-state index contributed by atoms with van der Waals surface area (Å²) < 4.78 is 2.44. The standard InChI is InChI=1S/C17H26N4/c1-3-21-16(13-20-8-6-19(2)7-9-20)11-15-10-14(12-18)4-5-17(15)21/h4-5,10-11H,3,6-9,12-13,18H2,1-2H3. The minimum Gasteiger partial charge on any atom is -0.344 e. The quantitative estimate of drug-likeness (QED) is 0.932. The number of hydrogen-bond donors (Lipinski definition) is 1. The van der Waals surface area contributed by atoms with Crippen LogP contribution in [0.1, 0.15) is 18.2 Å². The predicted molar refractivity (Wildman–Crippen MR) is 88.3 cm³/mol. The van der Waals surface area contributed by atoms with Gasteiger partial charge in [0.1, 0.15) is 0 Å². The summed E-state index contributed by atoms with van der Waals surface area (Å²) in [5.74, 6) is 0. The Kier molecular flexibility index (Phi) is 4.29. The van der Waals surface area contributed by atoms with Crippen LogP contribution in [0.5, 0.6) is 0 Å². The Morgan fingerprint density at radius 1 is 1.10 bits per heavy atom. The molecule has 0 saturated carbocycles. The number of piperazine rings is 1. The minimum atomic E-state index is 0.612. The number of rotatable bonds is 4. The minimum absolute atomic E-state index is 0.612. The molecule has 1 aromatic heterocycles. The van der Waals surface area contributed by atoms with Gasteiger partial charge in [0.2, 0.25) is 0 Å². The molecule has 4 nitrogen and oxygen atoms in total. The van der Waals surface area contributed by atoms with Crippen molar-refractivity contribution in [2.45, 2.75) is 26.6 Å². The third-order valence-electron chi connectivity index (χ3n) is 4.58. The number of likely N-dealkylation sites (N-methyl/N-ethyl adjacent to an activating group) is 1. The molecule has 1 saturated heterocycles. The van der Waals surface area contributed by atoms with Crippen molar-refractivity contribution in [3.8, 4) is 0 Å². The highest BCUT2D eigenvalue weighted by atomic mass is 15.2. The first-order valence-electron chi connectivity index (χ1n) is 7.93. The van der Waals surface area contributed by atoms with Gasteiger partial charge >= 0.3 is 0 Å².